The number of ketones is 1. The molecular weight excluding hydrogens is 244 g/mol. The first-order valence-corrected chi connectivity index (χ1v) is 7.48. The fourth-order valence-electron chi connectivity index (χ4n) is 1.64. The predicted octanol–water partition coefficient (Wildman–Crippen LogP) is 3.07. The highest BCUT2D eigenvalue weighted by Crippen LogP contribution is 2.24. The van der Waals surface area contributed by atoms with Gasteiger partial charge in [0.1, 0.15) is 10.8 Å². The fraction of sp³-hybridized carbons (Fsp3) is 0.714. The van der Waals surface area contributed by atoms with Crippen molar-refractivity contribution in [2.24, 2.45) is 5.73 Å². The van der Waals surface area contributed by atoms with Crippen LogP contribution in [-0.4, -0.2) is 17.3 Å². The first-order valence-electron chi connectivity index (χ1n) is 6.60. The fourth-order valence-corrected chi connectivity index (χ4v) is 2.69. The number of unbranched alkanes of at least 4 members (excludes halogenated alkanes) is 2. The summed E-state index contributed by atoms with van der Waals surface area (Å²) >= 11 is 1.60. The molecule has 1 aromatic heterocycles. The Morgan fingerprint density at radius 1 is 1.33 bits per heavy atom. The maximum absolute atomic E-state index is 11.8. The van der Waals surface area contributed by atoms with Crippen molar-refractivity contribution in [1.82, 2.24) is 4.98 Å². The monoisotopic (exact) mass is 268 g/mol. The van der Waals surface area contributed by atoms with E-state index in [-0.39, 0.29) is 5.41 Å². The van der Waals surface area contributed by atoms with Crippen molar-refractivity contribution < 1.29 is 4.79 Å². The Morgan fingerprint density at radius 3 is 2.61 bits per heavy atom. The lowest BCUT2D eigenvalue weighted by Gasteiger charge is -2.14. The van der Waals surface area contributed by atoms with Crippen molar-refractivity contribution in [3.8, 4) is 0 Å². The molecule has 0 fully saturated rings. The minimum absolute atomic E-state index is 0.0684. The SMILES string of the molecule is CC(C)(C)c1csc(CC(=O)CCCCCN)n1. The largest absolute Gasteiger partial charge is 0.330 e. The van der Waals surface area contributed by atoms with E-state index in [4.69, 9.17) is 5.73 Å². The van der Waals surface area contributed by atoms with Crippen molar-refractivity contribution in [3.63, 3.8) is 0 Å². The zero-order chi connectivity index (χ0) is 13.6. The summed E-state index contributed by atoms with van der Waals surface area (Å²) in [5.41, 5.74) is 6.57. The summed E-state index contributed by atoms with van der Waals surface area (Å²) in [5.74, 6) is 0.293. The van der Waals surface area contributed by atoms with Crippen LogP contribution in [0.1, 0.15) is 57.2 Å². The van der Waals surface area contributed by atoms with Crippen LogP contribution in [0.4, 0.5) is 0 Å². The molecule has 0 saturated carbocycles. The van der Waals surface area contributed by atoms with Crippen LogP contribution in [-0.2, 0) is 16.6 Å². The number of Topliss-reactive ketones (excluding diaryl/α,β-unsaturated/α-hetero) is 1. The molecule has 18 heavy (non-hydrogen) atoms. The summed E-state index contributed by atoms with van der Waals surface area (Å²) in [6.07, 6.45) is 4.16. The van der Waals surface area contributed by atoms with Crippen molar-refractivity contribution in [3.05, 3.63) is 16.1 Å². The van der Waals surface area contributed by atoms with Gasteiger partial charge in [0.05, 0.1) is 12.1 Å². The van der Waals surface area contributed by atoms with Crippen LogP contribution in [0.25, 0.3) is 0 Å². The third-order valence-corrected chi connectivity index (χ3v) is 3.68. The third kappa shape index (κ3) is 5.27. The van der Waals surface area contributed by atoms with Crippen LogP contribution in [0.15, 0.2) is 5.38 Å². The minimum Gasteiger partial charge on any atom is -0.330 e. The molecule has 102 valence electrons. The van der Waals surface area contributed by atoms with Gasteiger partial charge in [-0.25, -0.2) is 4.98 Å². The maximum atomic E-state index is 11.8. The van der Waals surface area contributed by atoms with E-state index in [1.54, 1.807) is 11.3 Å². The lowest BCUT2D eigenvalue weighted by atomic mass is 9.93. The van der Waals surface area contributed by atoms with Crippen LogP contribution in [0.5, 0.6) is 0 Å². The molecule has 0 saturated heterocycles. The first kappa shape index (κ1) is 15.3. The number of carbonyl (C=O) groups excluding carboxylic acids is 1. The van der Waals surface area contributed by atoms with E-state index in [1.165, 1.54) is 0 Å². The van der Waals surface area contributed by atoms with Crippen LogP contribution in [0, 0.1) is 0 Å². The Morgan fingerprint density at radius 2 is 2.06 bits per heavy atom. The van der Waals surface area contributed by atoms with Gasteiger partial charge in [-0.2, -0.15) is 0 Å². The highest BCUT2D eigenvalue weighted by Gasteiger charge is 2.18. The maximum Gasteiger partial charge on any atom is 0.139 e. The van der Waals surface area contributed by atoms with Gasteiger partial charge in [-0.05, 0) is 19.4 Å². The lowest BCUT2D eigenvalue weighted by molar-refractivity contribution is -0.118. The van der Waals surface area contributed by atoms with Gasteiger partial charge in [0.15, 0.2) is 0 Å². The number of hydrogen-bond acceptors (Lipinski definition) is 4. The Kier molecular flexibility index (Phi) is 5.96. The Bertz CT molecular complexity index is 379. The number of nitrogens with zero attached hydrogens (tertiary/aromatic N) is 1. The Labute approximate surface area is 114 Å². The smallest absolute Gasteiger partial charge is 0.139 e. The second kappa shape index (κ2) is 7.00. The molecule has 0 aliphatic rings. The second-order valence-corrected chi connectivity index (χ2v) is 6.63. The standard InChI is InChI=1S/C14H24N2OS/c1-14(2,3)12-10-18-13(16-12)9-11(17)7-5-4-6-8-15/h10H,4-9,15H2,1-3H3. The molecule has 3 nitrogen and oxygen atoms in total. The van der Waals surface area contributed by atoms with E-state index in [2.05, 4.69) is 31.1 Å². The molecule has 1 rings (SSSR count). The van der Waals surface area contributed by atoms with Crippen LogP contribution in [0.2, 0.25) is 0 Å². The summed E-state index contributed by atoms with van der Waals surface area (Å²) in [6.45, 7) is 7.14. The molecule has 0 atom stereocenters. The third-order valence-electron chi connectivity index (χ3n) is 2.83. The predicted molar refractivity (Wildman–Crippen MR) is 77.0 cm³/mol. The summed E-state index contributed by atoms with van der Waals surface area (Å²) in [5, 5.41) is 3.01. The number of hydrogen-bond donors (Lipinski definition) is 1. The number of carbonyl (C=O) groups is 1. The normalized spacial score (nSPS) is 11.8. The molecule has 0 aromatic carbocycles. The molecule has 4 heteroatoms. The molecule has 0 radical (unpaired) electrons. The van der Waals surface area contributed by atoms with Crippen molar-refractivity contribution in [2.45, 2.75) is 58.3 Å². The van der Waals surface area contributed by atoms with Gasteiger partial charge in [-0.15, -0.1) is 11.3 Å². The topological polar surface area (TPSA) is 56.0 Å². The Hall–Kier alpha value is -0.740. The molecule has 0 spiro atoms. The average Bonchev–Trinajstić information content (AvgIpc) is 2.72. The molecule has 1 aromatic rings. The van der Waals surface area contributed by atoms with E-state index >= 15 is 0 Å². The molecule has 0 aliphatic carbocycles. The van der Waals surface area contributed by atoms with E-state index in [1.807, 2.05) is 0 Å². The minimum atomic E-state index is 0.0684. The summed E-state index contributed by atoms with van der Waals surface area (Å²) in [7, 11) is 0. The second-order valence-electron chi connectivity index (χ2n) is 5.69. The van der Waals surface area contributed by atoms with Gasteiger partial charge in [0.2, 0.25) is 0 Å². The van der Waals surface area contributed by atoms with E-state index in [9.17, 15) is 4.79 Å². The van der Waals surface area contributed by atoms with Crippen molar-refractivity contribution in [1.29, 1.82) is 0 Å². The number of nitrogens with two attached hydrogens (primary N) is 1. The highest BCUT2D eigenvalue weighted by molar-refractivity contribution is 7.09. The zero-order valence-electron chi connectivity index (χ0n) is 11.7. The zero-order valence-corrected chi connectivity index (χ0v) is 12.5. The van der Waals surface area contributed by atoms with Gasteiger partial charge < -0.3 is 5.73 Å². The van der Waals surface area contributed by atoms with Crippen LogP contribution >= 0.6 is 11.3 Å². The van der Waals surface area contributed by atoms with E-state index < -0.39 is 0 Å². The Balaban J connectivity index is 2.38. The van der Waals surface area contributed by atoms with Crippen molar-refractivity contribution >= 4 is 17.1 Å². The van der Waals surface area contributed by atoms with E-state index in [0.29, 0.717) is 18.6 Å². The van der Waals surface area contributed by atoms with E-state index in [0.717, 1.165) is 36.5 Å². The highest BCUT2D eigenvalue weighted by atomic mass is 32.1. The van der Waals surface area contributed by atoms with Crippen LogP contribution < -0.4 is 5.73 Å². The number of rotatable bonds is 7. The quantitative estimate of drug-likeness (QED) is 0.773. The number of aromatic nitrogens is 1. The summed E-state index contributed by atoms with van der Waals surface area (Å²) < 4.78 is 0. The number of thiazole rings is 1. The molecule has 0 amide bonds. The molecule has 0 unspecified atom stereocenters. The van der Waals surface area contributed by atoms with Gasteiger partial charge in [0, 0.05) is 17.2 Å². The first-order chi connectivity index (χ1) is 8.43. The lowest BCUT2D eigenvalue weighted by Crippen LogP contribution is -2.12. The van der Waals surface area contributed by atoms with Gasteiger partial charge >= 0.3 is 0 Å². The summed E-state index contributed by atoms with van der Waals surface area (Å²) in [6, 6.07) is 0. The molecule has 2 N–H and O–H groups in total. The van der Waals surface area contributed by atoms with Crippen molar-refractivity contribution in [2.75, 3.05) is 6.54 Å². The average molecular weight is 268 g/mol. The molecule has 0 bridgehead atoms. The molecule has 0 aliphatic heterocycles. The molecular formula is C14H24N2OS. The van der Waals surface area contributed by atoms with Crippen LogP contribution in [0.3, 0.4) is 0 Å². The van der Waals surface area contributed by atoms with Gasteiger partial charge in [0.25, 0.3) is 0 Å². The summed E-state index contributed by atoms with van der Waals surface area (Å²) in [4.78, 5) is 16.3. The molecule has 1 heterocycles. The van der Waals surface area contributed by atoms with Gasteiger partial charge in [-0.3, -0.25) is 4.79 Å². The van der Waals surface area contributed by atoms with Gasteiger partial charge in [-0.1, -0.05) is 27.2 Å².